The minimum atomic E-state index is -4.29. The number of pyridine rings is 1. The maximum Gasteiger partial charge on any atom is 0.391 e. The Bertz CT molecular complexity index is 1100. The van der Waals surface area contributed by atoms with Gasteiger partial charge in [0, 0.05) is 49.1 Å². The summed E-state index contributed by atoms with van der Waals surface area (Å²) in [7, 11) is 0. The highest BCUT2D eigenvalue weighted by molar-refractivity contribution is 5.86. The summed E-state index contributed by atoms with van der Waals surface area (Å²) in [4.78, 5) is 13.7. The molecule has 222 valence electrons. The van der Waals surface area contributed by atoms with Gasteiger partial charge >= 0.3 is 6.18 Å². The van der Waals surface area contributed by atoms with Crippen molar-refractivity contribution in [3.05, 3.63) is 30.6 Å². The number of aromatic nitrogens is 3. The van der Waals surface area contributed by atoms with Crippen molar-refractivity contribution < 1.29 is 27.8 Å². The summed E-state index contributed by atoms with van der Waals surface area (Å²) in [6, 6.07) is -0.317. The monoisotopic (exact) mass is 565 g/mol. The predicted octanol–water partition coefficient (Wildman–Crippen LogP) is 5.67. The van der Waals surface area contributed by atoms with Crippen molar-refractivity contribution >= 4 is 16.9 Å². The molecular weight excluding hydrogens is 523 g/mol. The van der Waals surface area contributed by atoms with Crippen LogP contribution >= 0.6 is 0 Å². The summed E-state index contributed by atoms with van der Waals surface area (Å²) in [5.74, 6) is 0.666. The van der Waals surface area contributed by atoms with Crippen LogP contribution in [0.1, 0.15) is 83.1 Å². The molecular formula is C29H42F3N5O3. The van der Waals surface area contributed by atoms with Gasteiger partial charge in [-0.2, -0.15) is 13.2 Å². The molecule has 0 bridgehead atoms. The third kappa shape index (κ3) is 8.50. The van der Waals surface area contributed by atoms with E-state index in [4.69, 9.17) is 9.47 Å². The number of nitrogens with one attached hydrogen (secondary N) is 2. The van der Waals surface area contributed by atoms with E-state index < -0.39 is 18.6 Å². The SMILES string of the molecule is C=CC[C@@H](C[C@@H](CC)N[C@@H]1CCOC1)Oc1ncc(C2CCC(O)CC2)c2nc(N[C@@H](C)CC(F)(F)F)ncc12. The normalized spacial score (nSPS) is 24.0. The molecule has 1 aliphatic carbocycles. The van der Waals surface area contributed by atoms with Gasteiger partial charge in [-0.15, -0.1) is 6.58 Å². The number of nitrogens with zero attached hydrogens (tertiary/aromatic N) is 3. The maximum absolute atomic E-state index is 12.9. The van der Waals surface area contributed by atoms with Crippen LogP contribution in [0.4, 0.5) is 19.1 Å². The number of hydrogen-bond donors (Lipinski definition) is 3. The van der Waals surface area contributed by atoms with Crippen LogP contribution in [-0.4, -0.2) is 69.8 Å². The van der Waals surface area contributed by atoms with Crippen molar-refractivity contribution in [1.82, 2.24) is 20.3 Å². The van der Waals surface area contributed by atoms with E-state index in [1.807, 2.05) is 6.08 Å². The molecule has 0 aromatic carbocycles. The smallest absolute Gasteiger partial charge is 0.391 e. The summed E-state index contributed by atoms with van der Waals surface area (Å²) in [5.41, 5.74) is 1.52. The molecule has 8 nitrogen and oxygen atoms in total. The summed E-state index contributed by atoms with van der Waals surface area (Å²) >= 11 is 0. The first-order valence-corrected chi connectivity index (χ1v) is 14.4. The standard InChI is InChI=1S/C29H42F3N5O3/c1-4-6-23(13-20(5-2)36-21-11-12-39-17-21)40-27-25-16-34-28(35-18(3)14-29(30,31)32)37-26(25)24(15-33-27)19-7-9-22(38)10-8-19/h4,15-16,18-23,36,38H,1,5-14,17H2,2-3H3,(H,34,35,37)/t18-,19?,20+,21+,22?,23-/m0/s1. The summed E-state index contributed by atoms with van der Waals surface area (Å²) in [6.07, 6.45) is 5.63. The lowest BCUT2D eigenvalue weighted by Gasteiger charge is -2.28. The van der Waals surface area contributed by atoms with Gasteiger partial charge < -0.3 is 25.2 Å². The largest absolute Gasteiger partial charge is 0.473 e. The van der Waals surface area contributed by atoms with Gasteiger partial charge in [-0.3, -0.25) is 0 Å². The Morgan fingerprint density at radius 1 is 1.20 bits per heavy atom. The number of halogens is 3. The molecule has 0 unspecified atom stereocenters. The van der Waals surface area contributed by atoms with Crippen molar-refractivity contribution in [3.63, 3.8) is 0 Å². The van der Waals surface area contributed by atoms with E-state index in [-0.39, 0.29) is 30.1 Å². The van der Waals surface area contributed by atoms with Crippen molar-refractivity contribution in [2.45, 2.75) is 114 Å². The van der Waals surface area contributed by atoms with Gasteiger partial charge in [-0.1, -0.05) is 13.0 Å². The fraction of sp³-hybridized carbons (Fsp3) is 0.690. The van der Waals surface area contributed by atoms with Gasteiger partial charge in [0.05, 0.1) is 30.0 Å². The lowest BCUT2D eigenvalue weighted by atomic mass is 9.83. The van der Waals surface area contributed by atoms with Gasteiger partial charge in [-0.05, 0) is 57.8 Å². The molecule has 2 aromatic rings. The van der Waals surface area contributed by atoms with E-state index in [0.29, 0.717) is 48.7 Å². The molecule has 0 amide bonds. The molecule has 4 atom stereocenters. The molecule has 11 heteroatoms. The minimum Gasteiger partial charge on any atom is -0.473 e. The second-order valence-electron chi connectivity index (χ2n) is 11.2. The molecule has 4 rings (SSSR count). The average Bonchev–Trinajstić information content (AvgIpc) is 3.41. The van der Waals surface area contributed by atoms with Gasteiger partial charge in [0.25, 0.3) is 0 Å². The van der Waals surface area contributed by atoms with Crippen LogP contribution in [0.25, 0.3) is 10.9 Å². The highest BCUT2D eigenvalue weighted by Crippen LogP contribution is 2.38. The van der Waals surface area contributed by atoms with Crippen molar-refractivity contribution in [1.29, 1.82) is 0 Å². The quantitative estimate of drug-likeness (QED) is 0.267. The number of aliphatic hydroxyl groups is 1. The molecule has 3 heterocycles. The van der Waals surface area contributed by atoms with E-state index in [9.17, 15) is 18.3 Å². The molecule has 0 spiro atoms. The fourth-order valence-electron chi connectivity index (χ4n) is 5.69. The van der Waals surface area contributed by atoms with E-state index in [1.165, 1.54) is 6.92 Å². The number of hydrogen-bond acceptors (Lipinski definition) is 8. The Morgan fingerprint density at radius 2 is 1.98 bits per heavy atom. The minimum absolute atomic E-state index is 0.133. The molecule has 0 radical (unpaired) electrons. The van der Waals surface area contributed by atoms with Gasteiger partial charge in [0.1, 0.15) is 6.10 Å². The lowest BCUT2D eigenvalue weighted by molar-refractivity contribution is -0.136. The van der Waals surface area contributed by atoms with Crippen molar-refractivity contribution in [2.24, 2.45) is 0 Å². The van der Waals surface area contributed by atoms with Gasteiger partial charge in [0.2, 0.25) is 11.8 Å². The average molecular weight is 566 g/mol. The molecule has 2 fully saturated rings. The van der Waals surface area contributed by atoms with Gasteiger partial charge in [-0.25, -0.2) is 15.0 Å². The van der Waals surface area contributed by atoms with Gasteiger partial charge in [0.15, 0.2) is 0 Å². The Hall–Kier alpha value is -2.50. The van der Waals surface area contributed by atoms with Crippen LogP contribution in [-0.2, 0) is 4.74 Å². The fourth-order valence-corrected chi connectivity index (χ4v) is 5.69. The topological polar surface area (TPSA) is 101 Å². The first-order valence-electron chi connectivity index (χ1n) is 14.4. The third-order valence-electron chi connectivity index (χ3n) is 7.81. The molecule has 2 aliphatic rings. The zero-order chi connectivity index (χ0) is 28.7. The Balaban J connectivity index is 1.60. The molecule has 1 saturated carbocycles. The summed E-state index contributed by atoms with van der Waals surface area (Å²) < 4.78 is 50.8. The number of ether oxygens (including phenoxy) is 2. The summed E-state index contributed by atoms with van der Waals surface area (Å²) in [6.45, 7) is 9.00. The number of anilines is 1. The Kier molecular flexibility index (Phi) is 10.6. The van der Waals surface area contributed by atoms with Crippen LogP contribution in [0.5, 0.6) is 5.88 Å². The molecule has 3 N–H and O–H groups in total. The second kappa shape index (κ2) is 13.9. The number of aliphatic hydroxyl groups excluding tert-OH is 1. The number of alkyl halides is 3. The van der Waals surface area contributed by atoms with E-state index in [1.54, 1.807) is 12.4 Å². The van der Waals surface area contributed by atoms with Crippen LogP contribution in [0.2, 0.25) is 0 Å². The molecule has 1 aliphatic heterocycles. The van der Waals surface area contributed by atoms with Crippen molar-refractivity contribution in [3.8, 4) is 5.88 Å². The third-order valence-corrected chi connectivity index (χ3v) is 7.81. The zero-order valence-electron chi connectivity index (χ0n) is 23.4. The maximum atomic E-state index is 12.9. The number of rotatable bonds is 13. The zero-order valence-corrected chi connectivity index (χ0v) is 23.4. The van der Waals surface area contributed by atoms with Crippen LogP contribution in [0.15, 0.2) is 25.0 Å². The Labute approximate surface area is 234 Å². The summed E-state index contributed by atoms with van der Waals surface area (Å²) in [5, 5.41) is 17.1. The van der Waals surface area contributed by atoms with E-state index >= 15 is 0 Å². The number of fused-ring (bicyclic) bond motifs is 1. The second-order valence-corrected chi connectivity index (χ2v) is 11.2. The molecule has 2 aromatic heterocycles. The van der Waals surface area contributed by atoms with Crippen LogP contribution < -0.4 is 15.4 Å². The van der Waals surface area contributed by atoms with Crippen LogP contribution in [0.3, 0.4) is 0 Å². The molecule has 40 heavy (non-hydrogen) atoms. The van der Waals surface area contributed by atoms with Crippen LogP contribution in [0, 0.1) is 0 Å². The van der Waals surface area contributed by atoms with E-state index in [0.717, 1.165) is 44.3 Å². The first kappa shape index (κ1) is 30.5. The lowest BCUT2D eigenvalue weighted by Crippen LogP contribution is -2.41. The highest BCUT2D eigenvalue weighted by atomic mass is 19.4. The Morgan fingerprint density at radius 3 is 2.62 bits per heavy atom. The van der Waals surface area contributed by atoms with E-state index in [2.05, 4.69) is 39.1 Å². The van der Waals surface area contributed by atoms with Crippen molar-refractivity contribution in [2.75, 3.05) is 18.5 Å². The predicted molar refractivity (Wildman–Crippen MR) is 149 cm³/mol. The highest BCUT2D eigenvalue weighted by Gasteiger charge is 2.31. The first-order chi connectivity index (χ1) is 19.1. The molecule has 1 saturated heterocycles.